The number of aliphatic hydroxyl groups is 1. The van der Waals surface area contributed by atoms with Crippen LogP contribution in [0.4, 0.5) is 5.69 Å². The summed E-state index contributed by atoms with van der Waals surface area (Å²) in [5, 5.41) is 9.00. The van der Waals surface area contributed by atoms with E-state index in [1.54, 1.807) is 0 Å². The molecule has 22 heavy (non-hydrogen) atoms. The van der Waals surface area contributed by atoms with Gasteiger partial charge in [0.2, 0.25) is 5.91 Å². The molecule has 5 heteroatoms. The Balaban J connectivity index is 1.61. The largest absolute Gasteiger partial charge is 0.395 e. The minimum absolute atomic E-state index is 0.0255. The molecule has 5 nitrogen and oxygen atoms in total. The van der Waals surface area contributed by atoms with Crippen LogP contribution in [0.2, 0.25) is 0 Å². The molecule has 1 aromatic carbocycles. The van der Waals surface area contributed by atoms with Crippen LogP contribution >= 0.6 is 0 Å². The van der Waals surface area contributed by atoms with Crippen molar-refractivity contribution in [3.63, 3.8) is 0 Å². The van der Waals surface area contributed by atoms with Gasteiger partial charge in [-0.3, -0.25) is 14.6 Å². The normalized spacial score (nSPS) is 24.2. The number of carbonyl (C=O) groups is 1. The van der Waals surface area contributed by atoms with Gasteiger partial charge in [0, 0.05) is 45.0 Å². The molecule has 1 N–H and O–H groups in total. The summed E-state index contributed by atoms with van der Waals surface area (Å²) in [5.74, 6) is 0.236. The third kappa shape index (κ3) is 3.16. The second-order valence-corrected chi connectivity index (χ2v) is 6.23. The van der Waals surface area contributed by atoms with Gasteiger partial charge < -0.3 is 10.0 Å². The minimum atomic E-state index is 0.0255. The lowest BCUT2D eigenvalue weighted by Crippen LogP contribution is -2.52. The lowest BCUT2D eigenvalue weighted by molar-refractivity contribution is -0.122. The molecule has 2 fully saturated rings. The van der Waals surface area contributed by atoms with Gasteiger partial charge in [0.15, 0.2) is 0 Å². The SMILES string of the molecule is Cc1ccc(N2CCC(N3CCN(CCO)CC3)C2=O)cc1. The predicted molar refractivity (Wildman–Crippen MR) is 87.0 cm³/mol. The van der Waals surface area contributed by atoms with Crippen LogP contribution in [-0.4, -0.2) is 72.7 Å². The number of β-amino-alcohol motifs (C(OH)–C–C–N with tert-alkyl or cyclic N) is 1. The van der Waals surface area contributed by atoms with Crippen molar-refractivity contribution in [2.45, 2.75) is 19.4 Å². The Morgan fingerprint density at radius 2 is 1.77 bits per heavy atom. The van der Waals surface area contributed by atoms with Crippen LogP contribution in [0.3, 0.4) is 0 Å². The highest BCUT2D eigenvalue weighted by Crippen LogP contribution is 2.25. The number of benzene rings is 1. The first-order valence-electron chi connectivity index (χ1n) is 8.14. The Labute approximate surface area is 132 Å². The molecule has 1 atom stereocenters. The van der Waals surface area contributed by atoms with Crippen molar-refractivity contribution < 1.29 is 9.90 Å². The van der Waals surface area contributed by atoms with Gasteiger partial charge in [-0.15, -0.1) is 0 Å². The Hall–Kier alpha value is -1.43. The van der Waals surface area contributed by atoms with Gasteiger partial charge >= 0.3 is 0 Å². The van der Waals surface area contributed by atoms with E-state index in [1.807, 2.05) is 17.0 Å². The highest BCUT2D eigenvalue weighted by atomic mass is 16.3. The zero-order valence-corrected chi connectivity index (χ0v) is 13.2. The fourth-order valence-electron chi connectivity index (χ4n) is 3.42. The average Bonchev–Trinajstić information content (AvgIpc) is 2.91. The zero-order valence-electron chi connectivity index (χ0n) is 13.2. The zero-order chi connectivity index (χ0) is 15.5. The number of aliphatic hydroxyl groups excluding tert-OH is 1. The molecule has 0 bridgehead atoms. The fraction of sp³-hybridized carbons (Fsp3) is 0.588. The summed E-state index contributed by atoms with van der Waals surface area (Å²) in [6, 6.07) is 8.22. The van der Waals surface area contributed by atoms with E-state index in [0.29, 0.717) is 0 Å². The number of aryl methyl sites for hydroxylation is 1. The number of nitrogens with zero attached hydrogens (tertiary/aromatic N) is 3. The monoisotopic (exact) mass is 303 g/mol. The van der Waals surface area contributed by atoms with Crippen LogP contribution in [0.15, 0.2) is 24.3 Å². The summed E-state index contributed by atoms with van der Waals surface area (Å²) < 4.78 is 0. The van der Waals surface area contributed by atoms with Crippen molar-refractivity contribution in [2.24, 2.45) is 0 Å². The van der Waals surface area contributed by atoms with Gasteiger partial charge in [0.1, 0.15) is 0 Å². The fourth-order valence-corrected chi connectivity index (χ4v) is 3.42. The molecule has 0 spiro atoms. The van der Waals surface area contributed by atoms with E-state index in [9.17, 15) is 4.79 Å². The summed E-state index contributed by atoms with van der Waals surface area (Å²) in [7, 11) is 0. The molecule has 2 aliphatic heterocycles. The van der Waals surface area contributed by atoms with Crippen molar-refractivity contribution in [1.29, 1.82) is 0 Å². The molecule has 0 aliphatic carbocycles. The quantitative estimate of drug-likeness (QED) is 0.890. The number of carbonyl (C=O) groups excluding carboxylic acids is 1. The second kappa shape index (κ2) is 6.77. The minimum Gasteiger partial charge on any atom is -0.395 e. The molecular formula is C17H25N3O2. The Kier molecular flexibility index (Phi) is 4.76. The number of amides is 1. The molecule has 0 radical (unpaired) electrons. The van der Waals surface area contributed by atoms with Gasteiger partial charge in [-0.05, 0) is 25.5 Å². The van der Waals surface area contributed by atoms with Gasteiger partial charge in [0.05, 0.1) is 12.6 Å². The number of rotatable bonds is 4. The topological polar surface area (TPSA) is 47.0 Å². The molecule has 1 amide bonds. The van der Waals surface area contributed by atoms with E-state index in [2.05, 4.69) is 28.9 Å². The van der Waals surface area contributed by atoms with Crippen molar-refractivity contribution in [3.8, 4) is 0 Å². The van der Waals surface area contributed by atoms with Crippen molar-refractivity contribution in [3.05, 3.63) is 29.8 Å². The standard InChI is InChI=1S/C17H25N3O2/c1-14-2-4-15(5-3-14)20-7-6-16(17(20)22)19-10-8-18(9-11-19)12-13-21/h2-5,16,21H,6-13H2,1H3. The Bertz CT molecular complexity index is 509. The van der Waals surface area contributed by atoms with Gasteiger partial charge in [-0.1, -0.05) is 17.7 Å². The number of piperazine rings is 1. The smallest absolute Gasteiger partial charge is 0.244 e. The van der Waals surface area contributed by atoms with Crippen LogP contribution in [0.1, 0.15) is 12.0 Å². The molecular weight excluding hydrogens is 278 g/mol. The first-order valence-corrected chi connectivity index (χ1v) is 8.14. The second-order valence-electron chi connectivity index (χ2n) is 6.23. The summed E-state index contributed by atoms with van der Waals surface area (Å²) in [5.41, 5.74) is 2.23. The molecule has 1 aromatic rings. The summed E-state index contributed by atoms with van der Waals surface area (Å²) in [6.45, 7) is 7.53. The summed E-state index contributed by atoms with van der Waals surface area (Å²) in [6.07, 6.45) is 0.909. The maximum absolute atomic E-state index is 12.7. The van der Waals surface area contributed by atoms with Crippen LogP contribution < -0.4 is 4.90 Å². The van der Waals surface area contributed by atoms with E-state index in [4.69, 9.17) is 5.11 Å². The van der Waals surface area contributed by atoms with Gasteiger partial charge in [-0.2, -0.15) is 0 Å². The molecule has 0 aromatic heterocycles. The lowest BCUT2D eigenvalue weighted by atomic mass is 10.2. The molecule has 2 heterocycles. The van der Waals surface area contributed by atoms with Crippen LogP contribution in [0, 0.1) is 6.92 Å². The highest BCUT2D eigenvalue weighted by molar-refractivity contribution is 5.99. The van der Waals surface area contributed by atoms with Crippen molar-refractivity contribution in [1.82, 2.24) is 9.80 Å². The maximum atomic E-state index is 12.7. The third-order valence-electron chi connectivity index (χ3n) is 4.79. The first kappa shape index (κ1) is 15.5. The molecule has 2 saturated heterocycles. The lowest BCUT2D eigenvalue weighted by Gasteiger charge is -2.37. The summed E-state index contributed by atoms with van der Waals surface area (Å²) in [4.78, 5) is 19.2. The summed E-state index contributed by atoms with van der Waals surface area (Å²) >= 11 is 0. The highest BCUT2D eigenvalue weighted by Gasteiger charge is 2.37. The molecule has 3 rings (SSSR count). The van der Waals surface area contributed by atoms with Crippen LogP contribution in [0.25, 0.3) is 0 Å². The van der Waals surface area contributed by atoms with Crippen LogP contribution in [0.5, 0.6) is 0 Å². The van der Waals surface area contributed by atoms with Crippen molar-refractivity contribution >= 4 is 11.6 Å². The van der Waals surface area contributed by atoms with E-state index in [-0.39, 0.29) is 18.6 Å². The molecule has 0 saturated carbocycles. The van der Waals surface area contributed by atoms with Gasteiger partial charge in [-0.25, -0.2) is 0 Å². The van der Waals surface area contributed by atoms with E-state index in [1.165, 1.54) is 5.56 Å². The van der Waals surface area contributed by atoms with Crippen LogP contribution in [-0.2, 0) is 4.79 Å². The molecule has 2 aliphatic rings. The number of hydrogen-bond acceptors (Lipinski definition) is 4. The number of anilines is 1. The maximum Gasteiger partial charge on any atom is 0.244 e. The Morgan fingerprint density at radius 1 is 1.09 bits per heavy atom. The first-order chi connectivity index (χ1) is 10.7. The average molecular weight is 303 g/mol. The molecule has 120 valence electrons. The number of hydrogen-bond donors (Lipinski definition) is 1. The van der Waals surface area contributed by atoms with E-state index in [0.717, 1.165) is 51.4 Å². The van der Waals surface area contributed by atoms with E-state index < -0.39 is 0 Å². The van der Waals surface area contributed by atoms with E-state index >= 15 is 0 Å². The molecule has 1 unspecified atom stereocenters. The predicted octanol–water partition coefficient (Wildman–Crippen LogP) is 0.710. The third-order valence-corrected chi connectivity index (χ3v) is 4.79. The Morgan fingerprint density at radius 3 is 2.41 bits per heavy atom. The van der Waals surface area contributed by atoms with Crippen molar-refractivity contribution in [2.75, 3.05) is 50.8 Å². The van der Waals surface area contributed by atoms with Gasteiger partial charge in [0.25, 0.3) is 0 Å².